The highest BCUT2D eigenvalue weighted by atomic mass is 19.1. The summed E-state index contributed by atoms with van der Waals surface area (Å²) in [7, 11) is 0. The number of rotatable bonds is 6. The number of fused-ring (bicyclic) bond motifs is 1. The van der Waals surface area contributed by atoms with Crippen molar-refractivity contribution in [1.29, 1.82) is 0 Å². The van der Waals surface area contributed by atoms with Crippen LogP contribution in [0.4, 0.5) is 14.9 Å². The van der Waals surface area contributed by atoms with E-state index in [0.717, 1.165) is 22.6 Å². The Morgan fingerprint density at radius 2 is 1.90 bits per heavy atom. The van der Waals surface area contributed by atoms with Crippen molar-refractivity contribution in [2.24, 2.45) is 0 Å². The number of carbonyl (C=O) groups is 1. The van der Waals surface area contributed by atoms with Crippen LogP contribution in [0.2, 0.25) is 0 Å². The summed E-state index contributed by atoms with van der Waals surface area (Å²) in [5.74, 6) is 0.443. The first kappa shape index (κ1) is 18.6. The van der Waals surface area contributed by atoms with Crippen molar-refractivity contribution in [3.63, 3.8) is 0 Å². The number of nitrogens with zero attached hydrogens (tertiary/aromatic N) is 3. The average molecular weight is 389 g/mol. The summed E-state index contributed by atoms with van der Waals surface area (Å²) in [6.07, 6.45) is 2.29. The van der Waals surface area contributed by atoms with Crippen LogP contribution in [0.3, 0.4) is 0 Å². The Bertz CT molecular complexity index is 1130. The minimum absolute atomic E-state index is 0.388. The SMILES string of the molecule is O=C(NCCc1nc2cccnc2n1Cc1ccccc1)Nc1cccc(F)c1. The highest BCUT2D eigenvalue weighted by molar-refractivity contribution is 5.89. The normalized spacial score (nSPS) is 10.8. The lowest BCUT2D eigenvalue weighted by Gasteiger charge is -2.10. The Hall–Kier alpha value is -3.74. The first-order valence-electron chi connectivity index (χ1n) is 9.33. The summed E-state index contributed by atoms with van der Waals surface area (Å²) >= 11 is 0. The third-order valence-electron chi connectivity index (χ3n) is 4.48. The van der Waals surface area contributed by atoms with Crippen LogP contribution in [0.25, 0.3) is 11.2 Å². The number of anilines is 1. The van der Waals surface area contributed by atoms with E-state index in [2.05, 4.69) is 37.3 Å². The predicted molar refractivity (Wildman–Crippen MR) is 110 cm³/mol. The Labute approximate surface area is 167 Å². The molecule has 0 spiro atoms. The molecule has 2 N–H and O–H groups in total. The molecule has 0 bridgehead atoms. The van der Waals surface area contributed by atoms with E-state index in [4.69, 9.17) is 0 Å². The van der Waals surface area contributed by atoms with Crippen LogP contribution in [0.1, 0.15) is 11.4 Å². The topological polar surface area (TPSA) is 71.8 Å². The Kier molecular flexibility index (Phi) is 5.47. The molecule has 0 aliphatic carbocycles. The number of hydrogen-bond acceptors (Lipinski definition) is 3. The van der Waals surface area contributed by atoms with Gasteiger partial charge in [0.25, 0.3) is 0 Å². The number of amides is 2. The van der Waals surface area contributed by atoms with Gasteiger partial charge in [-0.05, 0) is 35.9 Å². The van der Waals surface area contributed by atoms with Gasteiger partial charge in [-0.3, -0.25) is 0 Å². The van der Waals surface area contributed by atoms with Crippen molar-refractivity contribution in [1.82, 2.24) is 19.9 Å². The molecule has 4 aromatic rings. The van der Waals surface area contributed by atoms with Gasteiger partial charge in [-0.2, -0.15) is 0 Å². The number of urea groups is 1. The van der Waals surface area contributed by atoms with Gasteiger partial charge in [-0.1, -0.05) is 36.4 Å². The predicted octanol–water partition coefficient (Wildman–Crippen LogP) is 3.98. The van der Waals surface area contributed by atoms with Gasteiger partial charge >= 0.3 is 6.03 Å². The maximum Gasteiger partial charge on any atom is 0.319 e. The number of pyridine rings is 1. The molecule has 0 fully saturated rings. The van der Waals surface area contributed by atoms with Crippen LogP contribution in [0.15, 0.2) is 72.9 Å². The monoisotopic (exact) mass is 389 g/mol. The van der Waals surface area contributed by atoms with E-state index in [9.17, 15) is 9.18 Å². The quantitative estimate of drug-likeness (QED) is 0.524. The van der Waals surface area contributed by atoms with Crippen LogP contribution >= 0.6 is 0 Å². The van der Waals surface area contributed by atoms with Crippen LogP contribution < -0.4 is 10.6 Å². The molecular formula is C22H20FN5O. The first-order valence-corrected chi connectivity index (χ1v) is 9.33. The van der Waals surface area contributed by atoms with Crippen molar-refractivity contribution in [3.05, 3.63) is 90.1 Å². The molecule has 0 radical (unpaired) electrons. The van der Waals surface area contributed by atoms with E-state index in [1.165, 1.54) is 12.1 Å². The molecule has 2 heterocycles. The van der Waals surface area contributed by atoms with E-state index in [1.54, 1.807) is 18.3 Å². The van der Waals surface area contributed by atoms with Crippen LogP contribution in [-0.4, -0.2) is 27.1 Å². The van der Waals surface area contributed by atoms with E-state index in [1.807, 2.05) is 30.3 Å². The number of hydrogen-bond donors (Lipinski definition) is 2. The summed E-state index contributed by atoms with van der Waals surface area (Å²) in [5, 5.41) is 5.41. The van der Waals surface area contributed by atoms with Crippen molar-refractivity contribution in [2.45, 2.75) is 13.0 Å². The first-order chi connectivity index (χ1) is 14.2. The number of imidazole rings is 1. The van der Waals surface area contributed by atoms with Gasteiger partial charge in [-0.15, -0.1) is 0 Å². The Morgan fingerprint density at radius 3 is 2.72 bits per heavy atom. The van der Waals surface area contributed by atoms with Gasteiger partial charge in [-0.25, -0.2) is 19.2 Å². The van der Waals surface area contributed by atoms with Gasteiger partial charge in [0.15, 0.2) is 5.65 Å². The van der Waals surface area contributed by atoms with Crippen LogP contribution in [0, 0.1) is 5.82 Å². The smallest absolute Gasteiger partial charge is 0.319 e. The van der Waals surface area contributed by atoms with E-state index in [-0.39, 0.29) is 6.03 Å². The number of aromatic nitrogens is 3. The molecule has 29 heavy (non-hydrogen) atoms. The second-order valence-electron chi connectivity index (χ2n) is 6.59. The second-order valence-corrected chi connectivity index (χ2v) is 6.59. The lowest BCUT2D eigenvalue weighted by molar-refractivity contribution is 0.252. The maximum absolute atomic E-state index is 13.2. The fraction of sp³-hybridized carbons (Fsp3) is 0.136. The van der Waals surface area contributed by atoms with Crippen LogP contribution in [0.5, 0.6) is 0 Å². The summed E-state index contributed by atoms with van der Waals surface area (Å²) < 4.78 is 15.3. The highest BCUT2D eigenvalue weighted by Gasteiger charge is 2.12. The van der Waals surface area contributed by atoms with Gasteiger partial charge in [0.2, 0.25) is 0 Å². The third kappa shape index (κ3) is 4.57. The van der Waals surface area contributed by atoms with Gasteiger partial charge in [0.1, 0.15) is 17.2 Å². The molecule has 0 aliphatic heterocycles. The lowest BCUT2D eigenvalue weighted by Crippen LogP contribution is -2.31. The number of halogens is 1. The standard InChI is InChI=1S/C22H20FN5O/c23-17-8-4-9-18(14-17)26-22(29)25-13-11-20-27-19-10-5-12-24-21(19)28(20)15-16-6-2-1-3-7-16/h1-10,12,14H,11,13,15H2,(H2,25,26,29). The zero-order valence-electron chi connectivity index (χ0n) is 15.7. The number of benzene rings is 2. The van der Waals surface area contributed by atoms with Gasteiger partial charge < -0.3 is 15.2 Å². The molecule has 4 rings (SSSR count). The van der Waals surface area contributed by atoms with Crippen LogP contribution in [-0.2, 0) is 13.0 Å². The highest BCUT2D eigenvalue weighted by Crippen LogP contribution is 2.16. The molecule has 2 aromatic heterocycles. The van der Waals surface area contributed by atoms with E-state index < -0.39 is 5.82 Å². The molecule has 0 saturated carbocycles. The number of nitrogens with one attached hydrogen (secondary N) is 2. The molecule has 7 heteroatoms. The summed E-state index contributed by atoms with van der Waals surface area (Å²) in [4.78, 5) is 21.2. The summed E-state index contributed by atoms with van der Waals surface area (Å²) in [6, 6.07) is 19.3. The average Bonchev–Trinajstić information content (AvgIpc) is 3.06. The minimum atomic E-state index is -0.398. The van der Waals surface area contributed by atoms with Crippen molar-refractivity contribution in [3.8, 4) is 0 Å². The molecule has 6 nitrogen and oxygen atoms in total. The summed E-state index contributed by atoms with van der Waals surface area (Å²) in [6.45, 7) is 1.04. The largest absolute Gasteiger partial charge is 0.337 e. The Balaban J connectivity index is 1.45. The molecule has 0 aliphatic rings. The molecular weight excluding hydrogens is 369 g/mol. The molecule has 2 aromatic carbocycles. The molecule has 146 valence electrons. The zero-order valence-corrected chi connectivity index (χ0v) is 15.7. The van der Waals surface area contributed by atoms with Crippen molar-refractivity contribution >= 4 is 22.9 Å². The van der Waals surface area contributed by atoms with Crippen molar-refractivity contribution < 1.29 is 9.18 Å². The minimum Gasteiger partial charge on any atom is -0.337 e. The number of carbonyl (C=O) groups excluding carboxylic acids is 1. The fourth-order valence-corrected chi connectivity index (χ4v) is 3.16. The van der Waals surface area contributed by atoms with Gasteiger partial charge in [0.05, 0.1) is 6.54 Å². The summed E-state index contributed by atoms with van der Waals surface area (Å²) in [5.41, 5.74) is 3.19. The van der Waals surface area contributed by atoms with Crippen molar-refractivity contribution in [2.75, 3.05) is 11.9 Å². The second kappa shape index (κ2) is 8.52. The third-order valence-corrected chi connectivity index (χ3v) is 4.48. The Morgan fingerprint density at radius 1 is 1.03 bits per heavy atom. The molecule has 0 saturated heterocycles. The molecule has 2 amide bonds. The zero-order chi connectivity index (χ0) is 20.1. The van der Waals surface area contributed by atoms with E-state index in [0.29, 0.717) is 25.2 Å². The lowest BCUT2D eigenvalue weighted by atomic mass is 10.2. The van der Waals surface area contributed by atoms with Gasteiger partial charge in [0, 0.05) is 24.8 Å². The fourth-order valence-electron chi connectivity index (χ4n) is 3.16. The molecule has 0 atom stereocenters. The van der Waals surface area contributed by atoms with E-state index >= 15 is 0 Å². The maximum atomic E-state index is 13.2. The molecule has 0 unspecified atom stereocenters.